The summed E-state index contributed by atoms with van der Waals surface area (Å²) in [6.07, 6.45) is -3.21. The van der Waals surface area contributed by atoms with Crippen molar-refractivity contribution in [3.63, 3.8) is 0 Å². The first-order chi connectivity index (χ1) is 11.5. The Kier molecular flexibility index (Phi) is 5.00. The third kappa shape index (κ3) is 3.23. The third-order valence-corrected chi connectivity index (χ3v) is 5.89. The van der Waals surface area contributed by atoms with E-state index in [1.807, 2.05) is 30.3 Å². The van der Waals surface area contributed by atoms with Gasteiger partial charge in [0, 0.05) is 0 Å². The minimum absolute atomic E-state index is 0.131. The summed E-state index contributed by atoms with van der Waals surface area (Å²) >= 11 is -0.188. The molecule has 0 aliphatic carbocycles. The van der Waals surface area contributed by atoms with Crippen LogP contribution in [0.2, 0.25) is 0 Å². The van der Waals surface area contributed by atoms with Gasteiger partial charge in [-0.3, -0.25) is 0 Å². The number of aromatic nitrogens is 2. The van der Waals surface area contributed by atoms with Crippen LogP contribution in [0.25, 0.3) is 0 Å². The second-order valence-electron chi connectivity index (χ2n) is 5.32. The first-order valence-corrected chi connectivity index (χ1v) is 8.96. The van der Waals surface area contributed by atoms with Gasteiger partial charge >= 0.3 is 143 Å². The van der Waals surface area contributed by atoms with E-state index in [1.54, 1.807) is 0 Å². The van der Waals surface area contributed by atoms with Gasteiger partial charge in [-0.05, 0) is 0 Å². The van der Waals surface area contributed by atoms with E-state index in [2.05, 4.69) is 4.98 Å². The molecule has 0 radical (unpaired) electrons. The van der Waals surface area contributed by atoms with Gasteiger partial charge in [-0.15, -0.1) is 0 Å². The van der Waals surface area contributed by atoms with Crippen molar-refractivity contribution in [1.29, 1.82) is 0 Å². The van der Waals surface area contributed by atoms with E-state index in [0.717, 1.165) is 9.03 Å². The van der Waals surface area contributed by atoms with Crippen LogP contribution >= 0.6 is 0 Å². The Morgan fingerprint density at radius 1 is 1.25 bits per heavy atom. The van der Waals surface area contributed by atoms with Crippen LogP contribution in [-0.4, -0.2) is 64.7 Å². The number of aliphatic hydroxyl groups is 3. The van der Waals surface area contributed by atoms with Crippen molar-refractivity contribution in [3.05, 3.63) is 47.0 Å². The Labute approximate surface area is 143 Å². The van der Waals surface area contributed by atoms with Gasteiger partial charge in [0.2, 0.25) is 0 Å². The van der Waals surface area contributed by atoms with Gasteiger partial charge in [-0.1, -0.05) is 0 Å². The van der Waals surface area contributed by atoms with Crippen LogP contribution in [0.4, 0.5) is 5.82 Å². The molecule has 3 rings (SSSR count). The predicted octanol–water partition coefficient (Wildman–Crippen LogP) is -2.91. The molecule has 1 aliphatic heterocycles. The molecule has 1 saturated heterocycles. The zero-order chi connectivity index (χ0) is 17.3. The summed E-state index contributed by atoms with van der Waals surface area (Å²) in [5.41, 5.74) is 5.17. The van der Waals surface area contributed by atoms with E-state index in [9.17, 15) is 15.0 Å². The summed E-state index contributed by atoms with van der Waals surface area (Å²) < 4.78 is 8.20. The topological polar surface area (TPSA) is 131 Å². The maximum absolute atomic E-state index is 12.1. The number of ether oxygens (including phenoxy) is 1. The van der Waals surface area contributed by atoms with E-state index in [-0.39, 0.29) is 20.8 Å². The zero-order valence-electron chi connectivity index (χ0n) is 12.5. The molecule has 0 amide bonds. The standard InChI is InChI=1S/C15H17N3O5Se/c16-13-10(24-8-4-2-1-3-5-8)6-18(15(22)17-13)14-12(21)11(20)9(7-19)23-14/h1-6,9,11-12,14,19-21H,7H2,(H2,16,17,22)/t9-,11-,12-,14-/m1/s1. The van der Waals surface area contributed by atoms with Gasteiger partial charge < -0.3 is 0 Å². The molecule has 9 heteroatoms. The summed E-state index contributed by atoms with van der Waals surface area (Å²) in [6, 6.07) is 9.61. The molecule has 0 spiro atoms. The van der Waals surface area contributed by atoms with Crippen molar-refractivity contribution in [3.8, 4) is 0 Å². The molecular formula is C15H17N3O5Se. The molecule has 0 bridgehead atoms. The van der Waals surface area contributed by atoms with Gasteiger partial charge in [-0.2, -0.15) is 0 Å². The fourth-order valence-corrected chi connectivity index (χ4v) is 4.26. The van der Waals surface area contributed by atoms with Gasteiger partial charge in [-0.25, -0.2) is 0 Å². The number of hydrogen-bond donors (Lipinski definition) is 4. The summed E-state index contributed by atoms with van der Waals surface area (Å²) in [5.74, 6) is 0.131. The molecule has 128 valence electrons. The van der Waals surface area contributed by atoms with E-state index in [1.165, 1.54) is 6.20 Å². The maximum atomic E-state index is 12.1. The Morgan fingerprint density at radius 3 is 2.58 bits per heavy atom. The predicted molar refractivity (Wildman–Crippen MR) is 87.4 cm³/mol. The molecule has 1 fully saturated rings. The molecule has 4 atom stereocenters. The molecule has 8 nitrogen and oxygen atoms in total. The third-order valence-electron chi connectivity index (χ3n) is 3.71. The van der Waals surface area contributed by atoms with Crippen LogP contribution < -0.4 is 20.3 Å². The Balaban J connectivity index is 1.94. The van der Waals surface area contributed by atoms with Crippen molar-refractivity contribution in [2.75, 3.05) is 12.3 Å². The zero-order valence-corrected chi connectivity index (χ0v) is 14.2. The summed E-state index contributed by atoms with van der Waals surface area (Å²) in [6.45, 7) is -0.466. The van der Waals surface area contributed by atoms with E-state index in [4.69, 9.17) is 15.6 Å². The molecule has 2 heterocycles. The number of nitrogens with zero attached hydrogens (tertiary/aromatic N) is 2. The van der Waals surface area contributed by atoms with E-state index < -0.39 is 36.8 Å². The molecule has 0 unspecified atom stereocenters. The molecule has 0 saturated carbocycles. The number of nitrogens with two attached hydrogens (primary N) is 1. The monoisotopic (exact) mass is 399 g/mol. The quantitative estimate of drug-likeness (QED) is 0.406. The normalized spacial score (nSPS) is 26.6. The van der Waals surface area contributed by atoms with Crippen LogP contribution in [0.15, 0.2) is 41.3 Å². The van der Waals surface area contributed by atoms with Crippen molar-refractivity contribution in [2.45, 2.75) is 24.5 Å². The van der Waals surface area contributed by atoms with Gasteiger partial charge in [0.25, 0.3) is 0 Å². The fraction of sp³-hybridized carbons (Fsp3) is 0.333. The van der Waals surface area contributed by atoms with Crippen LogP contribution in [0.5, 0.6) is 0 Å². The first kappa shape index (κ1) is 17.1. The number of nitrogen functional groups attached to an aromatic ring is 1. The number of aliphatic hydroxyl groups excluding tert-OH is 3. The van der Waals surface area contributed by atoms with E-state index >= 15 is 0 Å². The van der Waals surface area contributed by atoms with Crippen LogP contribution in [0.3, 0.4) is 0 Å². The second-order valence-corrected chi connectivity index (χ2v) is 7.66. The van der Waals surface area contributed by atoms with Crippen molar-refractivity contribution in [2.24, 2.45) is 0 Å². The summed E-state index contributed by atoms with van der Waals surface area (Å²) in [7, 11) is 0. The van der Waals surface area contributed by atoms with Crippen molar-refractivity contribution in [1.82, 2.24) is 9.55 Å². The molecule has 1 aromatic carbocycles. The Morgan fingerprint density at radius 2 is 1.96 bits per heavy atom. The summed E-state index contributed by atoms with van der Waals surface area (Å²) in [5, 5.41) is 29.1. The SMILES string of the molecule is Nc1nc(=O)n([C@@H]2O[C@H](CO)[C@@H](O)[C@H]2O)cc1[Se]c1ccccc1. The van der Waals surface area contributed by atoms with Crippen LogP contribution in [0.1, 0.15) is 6.23 Å². The number of anilines is 1. The van der Waals surface area contributed by atoms with Crippen LogP contribution in [0, 0.1) is 0 Å². The average Bonchev–Trinajstić information content (AvgIpc) is 2.86. The fourth-order valence-electron chi connectivity index (χ4n) is 2.45. The van der Waals surface area contributed by atoms with Gasteiger partial charge in [0.15, 0.2) is 0 Å². The number of hydrogen-bond acceptors (Lipinski definition) is 7. The number of rotatable bonds is 4. The summed E-state index contributed by atoms with van der Waals surface area (Å²) in [4.78, 5) is 15.9. The Hall–Kier alpha value is -1.74. The van der Waals surface area contributed by atoms with E-state index in [0.29, 0.717) is 4.46 Å². The molecular weight excluding hydrogens is 381 g/mol. The first-order valence-electron chi connectivity index (χ1n) is 7.25. The molecule has 24 heavy (non-hydrogen) atoms. The minimum atomic E-state index is -1.35. The van der Waals surface area contributed by atoms with Crippen molar-refractivity contribution >= 4 is 29.7 Å². The number of benzene rings is 1. The molecule has 1 aromatic heterocycles. The molecule has 5 N–H and O–H groups in total. The van der Waals surface area contributed by atoms with Crippen LogP contribution in [-0.2, 0) is 4.74 Å². The second kappa shape index (κ2) is 7.02. The van der Waals surface area contributed by atoms with Crippen molar-refractivity contribution < 1.29 is 20.1 Å². The van der Waals surface area contributed by atoms with Gasteiger partial charge in [0.1, 0.15) is 0 Å². The van der Waals surface area contributed by atoms with Gasteiger partial charge in [0.05, 0.1) is 0 Å². The average molecular weight is 398 g/mol. The molecule has 2 aromatic rings. The molecule has 1 aliphatic rings. The Bertz CT molecular complexity index is 769.